The molecule has 0 aliphatic carbocycles. The molecule has 0 spiro atoms. The molecule has 0 heterocycles. The highest BCUT2D eigenvalue weighted by Crippen LogP contribution is 2.21. The van der Waals surface area contributed by atoms with E-state index in [1.54, 1.807) is 13.8 Å². The molecule has 1 aromatic carbocycles. The predicted molar refractivity (Wildman–Crippen MR) is 79.7 cm³/mol. The van der Waals surface area contributed by atoms with Gasteiger partial charge in [-0.25, -0.2) is 4.79 Å². The molecule has 0 saturated heterocycles. The number of hydrogen-bond donors (Lipinski definition) is 1. The SMILES string of the molecule is CC(C)=CC(=O)OCC(=O)Nc1c(C)cc(C)cc1C. The molecule has 0 saturated carbocycles. The van der Waals surface area contributed by atoms with Crippen LogP contribution in [0.25, 0.3) is 0 Å². The zero-order chi connectivity index (χ0) is 15.3. The minimum Gasteiger partial charge on any atom is -0.452 e. The van der Waals surface area contributed by atoms with Crippen LogP contribution in [0.4, 0.5) is 5.69 Å². The van der Waals surface area contributed by atoms with Gasteiger partial charge in [-0.05, 0) is 45.7 Å². The molecule has 0 atom stereocenters. The average Bonchev–Trinajstić information content (AvgIpc) is 2.30. The van der Waals surface area contributed by atoms with Gasteiger partial charge in [-0.15, -0.1) is 0 Å². The molecule has 0 bridgehead atoms. The molecule has 0 unspecified atom stereocenters. The number of ether oxygens (including phenoxy) is 1. The van der Waals surface area contributed by atoms with Crippen molar-refractivity contribution in [2.24, 2.45) is 0 Å². The molecular formula is C16H21NO3. The third-order valence-corrected chi connectivity index (χ3v) is 2.69. The molecule has 4 nitrogen and oxygen atoms in total. The first-order valence-corrected chi connectivity index (χ1v) is 6.49. The number of esters is 1. The maximum absolute atomic E-state index is 11.8. The lowest BCUT2D eigenvalue weighted by atomic mass is 10.1. The van der Waals surface area contributed by atoms with Crippen molar-refractivity contribution in [3.8, 4) is 0 Å². The second-order valence-electron chi connectivity index (χ2n) is 5.15. The van der Waals surface area contributed by atoms with Gasteiger partial charge in [-0.1, -0.05) is 23.3 Å². The zero-order valence-corrected chi connectivity index (χ0v) is 12.7. The Morgan fingerprint density at radius 3 is 2.20 bits per heavy atom. The molecule has 108 valence electrons. The van der Waals surface area contributed by atoms with Gasteiger partial charge in [0.2, 0.25) is 0 Å². The maximum atomic E-state index is 11.8. The number of aryl methyl sites for hydroxylation is 3. The zero-order valence-electron chi connectivity index (χ0n) is 12.7. The Hall–Kier alpha value is -2.10. The van der Waals surface area contributed by atoms with E-state index in [-0.39, 0.29) is 12.5 Å². The van der Waals surface area contributed by atoms with Crippen molar-refractivity contribution in [2.45, 2.75) is 34.6 Å². The molecule has 0 fully saturated rings. The molecule has 1 N–H and O–H groups in total. The standard InChI is InChI=1S/C16H21NO3/c1-10(2)6-15(19)20-9-14(18)17-16-12(4)7-11(3)8-13(16)5/h6-8H,9H2,1-5H3,(H,17,18). The molecule has 1 amide bonds. The monoisotopic (exact) mass is 275 g/mol. The van der Waals surface area contributed by atoms with Crippen LogP contribution in [0.15, 0.2) is 23.8 Å². The molecule has 0 radical (unpaired) electrons. The summed E-state index contributed by atoms with van der Waals surface area (Å²) < 4.78 is 4.86. The normalized spacial score (nSPS) is 9.85. The van der Waals surface area contributed by atoms with Crippen molar-refractivity contribution >= 4 is 17.6 Å². The summed E-state index contributed by atoms with van der Waals surface area (Å²) in [6.07, 6.45) is 1.36. The topological polar surface area (TPSA) is 55.4 Å². The Bertz CT molecular complexity index is 532. The first-order valence-electron chi connectivity index (χ1n) is 6.49. The fourth-order valence-electron chi connectivity index (χ4n) is 1.97. The van der Waals surface area contributed by atoms with Gasteiger partial charge < -0.3 is 10.1 Å². The fourth-order valence-corrected chi connectivity index (χ4v) is 1.97. The summed E-state index contributed by atoms with van der Waals surface area (Å²) in [6, 6.07) is 4.00. The van der Waals surface area contributed by atoms with E-state index in [1.807, 2.05) is 32.9 Å². The Morgan fingerprint density at radius 1 is 1.15 bits per heavy atom. The van der Waals surface area contributed by atoms with Gasteiger partial charge >= 0.3 is 5.97 Å². The van der Waals surface area contributed by atoms with Gasteiger partial charge in [0.15, 0.2) is 6.61 Å². The molecule has 1 rings (SSSR count). The van der Waals surface area contributed by atoms with E-state index >= 15 is 0 Å². The first kappa shape index (κ1) is 16.0. The highest BCUT2D eigenvalue weighted by atomic mass is 16.5. The molecule has 0 aliphatic rings. The Labute approximate surface area is 119 Å². The van der Waals surface area contributed by atoms with Crippen molar-refractivity contribution in [1.82, 2.24) is 0 Å². The second-order valence-corrected chi connectivity index (χ2v) is 5.15. The summed E-state index contributed by atoms with van der Waals surface area (Å²) in [7, 11) is 0. The van der Waals surface area contributed by atoms with Gasteiger partial charge in [0.1, 0.15) is 0 Å². The highest BCUT2D eigenvalue weighted by molar-refractivity contribution is 5.95. The van der Waals surface area contributed by atoms with Gasteiger partial charge in [0.05, 0.1) is 0 Å². The molecule has 1 aromatic rings. The van der Waals surface area contributed by atoms with Crippen LogP contribution in [-0.4, -0.2) is 18.5 Å². The number of anilines is 1. The average molecular weight is 275 g/mol. The quantitative estimate of drug-likeness (QED) is 0.678. The Morgan fingerprint density at radius 2 is 1.70 bits per heavy atom. The van der Waals surface area contributed by atoms with Crippen LogP contribution in [0.1, 0.15) is 30.5 Å². The van der Waals surface area contributed by atoms with E-state index in [1.165, 1.54) is 6.08 Å². The summed E-state index contributed by atoms with van der Waals surface area (Å²) in [5.74, 6) is -0.840. The number of amides is 1. The number of rotatable bonds is 4. The van der Waals surface area contributed by atoms with E-state index in [4.69, 9.17) is 4.74 Å². The highest BCUT2D eigenvalue weighted by Gasteiger charge is 2.10. The van der Waals surface area contributed by atoms with Crippen LogP contribution in [0, 0.1) is 20.8 Å². The third-order valence-electron chi connectivity index (χ3n) is 2.69. The van der Waals surface area contributed by atoms with Crippen molar-refractivity contribution < 1.29 is 14.3 Å². The molecule has 0 aromatic heterocycles. The summed E-state index contributed by atoms with van der Waals surface area (Å²) >= 11 is 0. The third kappa shape index (κ3) is 4.88. The number of benzene rings is 1. The minimum atomic E-state index is -0.502. The van der Waals surface area contributed by atoms with Gasteiger partial charge in [0, 0.05) is 11.8 Å². The summed E-state index contributed by atoms with van der Waals surface area (Å²) in [4.78, 5) is 23.1. The van der Waals surface area contributed by atoms with Crippen LogP contribution in [0.2, 0.25) is 0 Å². The predicted octanol–water partition coefficient (Wildman–Crippen LogP) is 3.06. The van der Waals surface area contributed by atoms with Crippen LogP contribution in [-0.2, 0) is 14.3 Å². The Balaban J connectivity index is 2.64. The first-order chi connectivity index (χ1) is 9.29. The summed E-state index contributed by atoms with van der Waals surface area (Å²) in [6.45, 7) is 9.18. The largest absolute Gasteiger partial charge is 0.452 e. The smallest absolute Gasteiger partial charge is 0.331 e. The van der Waals surface area contributed by atoms with Gasteiger partial charge in [0.25, 0.3) is 5.91 Å². The van der Waals surface area contributed by atoms with E-state index < -0.39 is 5.97 Å². The van der Waals surface area contributed by atoms with Crippen LogP contribution < -0.4 is 5.32 Å². The summed E-state index contributed by atoms with van der Waals surface area (Å²) in [5, 5.41) is 2.78. The van der Waals surface area contributed by atoms with E-state index in [0.717, 1.165) is 28.0 Å². The lowest BCUT2D eigenvalue weighted by molar-refractivity contribution is -0.142. The lowest BCUT2D eigenvalue weighted by Crippen LogP contribution is -2.21. The lowest BCUT2D eigenvalue weighted by Gasteiger charge is -2.12. The van der Waals surface area contributed by atoms with Gasteiger partial charge in [-0.2, -0.15) is 0 Å². The Kier molecular flexibility index (Phi) is 5.50. The van der Waals surface area contributed by atoms with Gasteiger partial charge in [-0.3, -0.25) is 4.79 Å². The number of carbonyl (C=O) groups excluding carboxylic acids is 2. The second kappa shape index (κ2) is 6.89. The van der Waals surface area contributed by atoms with Crippen molar-refractivity contribution in [3.63, 3.8) is 0 Å². The van der Waals surface area contributed by atoms with Crippen LogP contribution >= 0.6 is 0 Å². The van der Waals surface area contributed by atoms with Crippen molar-refractivity contribution in [1.29, 1.82) is 0 Å². The summed E-state index contributed by atoms with van der Waals surface area (Å²) in [5.41, 5.74) is 4.74. The van der Waals surface area contributed by atoms with Crippen molar-refractivity contribution in [2.75, 3.05) is 11.9 Å². The minimum absolute atomic E-state index is 0.282. The number of nitrogens with one attached hydrogen (secondary N) is 1. The maximum Gasteiger partial charge on any atom is 0.331 e. The number of allylic oxidation sites excluding steroid dienone is 1. The molecular weight excluding hydrogens is 254 g/mol. The van der Waals surface area contributed by atoms with E-state index in [0.29, 0.717) is 0 Å². The molecule has 4 heteroatoms. The number of hydrogen-bond acceptors (Lipinski definition) is 3. The van der Waals surface area contributed by atoms with E-state index in [2.05, 4.69) is 5.32 Å². The van der Waals surface area contributed by atoms with Crippen LogP contribution in [0.5, 0.6) is 0 Å². The molecule has 20 heavy (non-hydrogen) atoms. The number of carbonyl (C=O) groups is 2. The molecule has 0 aliphatic heterocycles. The van der Waals surface area contributed by atoms with E-state index in [9.17, 15) is 9.59 Å². The van der Waals surface area contributed by atoms with Crippen LogP contribution in [0.3, 0.4) is 0 Å². The van der Waals surface area contributed by atoms with Crippen molar-refractivity contribution in [3.05, 3.63) is 40.5 Å². The fraction of sp³-hybridized carbons (Fsp3) is 0.375.